The Kier molecular flexibility index (Phi) is 5.25. The van der Waals surface area contributed by atoms with Crippen LogP contribution in [0, 0.1) is 0 Å². The van der Waals surface area contributed by atoms with Crippen molar-refractivity contribution in [2.24, 2.45) is 5.73 Å². The van der Waals surface area contributed by atoms with E-state index in [4.69, 9.17) is 27.8 Å². The first-order chi connectivity index (χ1) is 12.5. The number of nitrogens with two attached hydrogens (primary N) is 2. The number of aromatic nitrogens is 2. The molecule has 1 atom stereocenters. The molecule has 134 valence electrons. The minimum atomic E-state index is -0.517. The van der Waals surface area contributed by atoms with Crippen molar-refractivity contribution in [1.29, 1.82) is 0 Å². The van der Waals surface area contributed by atoms with Crippen molar-refractivity contribution >= 4 is 23.3 Å². The highest BCUT2D eigenvalue weighted by Crippen LogP contribution is 2.30. The summed E-state index contributed by atoms with van der Waals surface area (Å²) in [5.74, 6) is 0.0577. The van der Waals surface area contributed by atoms with Gasteiger partial charge in [-0.1, -0.05) is 48.0 Å². The fraction of sp³-hybridized carbons (Fsp3) is 0.158. The third kappa shape index (κ3) is 3.71. The van der Waals surface area contributed by atoms with E-state index in [9.17, 15) is 4.79 Å². The summed E-state index contributed by atoms with van der Waals surface area (Å²) in [6.45, 7) is 0. The molecule has 0 fully saturated rings. The maximum atomic E-state index is 11.8. The number of hydrogen-bond acceptors (Lipinski definition) is 5. The molecule has 0 saturated heterocycles. The summed E-state index contributed by atoms with van der Waals surface area (Å²) in [4.78, 5) is 19.4. The van der Waals surface area contributed by atoms with Crippen LogP contribution >= 0.6 is 11.6 Å². The molecule has 3 aromatic rings. The van der Waals surface area contributed by atoms with E-state index in [0.29, 0.717) is 34.3 Å². The number of anilines is 1. The number of hydrogen-bond donors (Lipinski definition) is 3. The molecule has 5 N–H and O–H groups in total. The second kappa shape index (κ2) is 7.59. The van der Waals surface area contributed by atoms with Gasteiger partial charge in [0.05, 0.1) is 18.7 Å². The highest BCUT2D eigenvalue weighted by Gasteiger charge is 2.18. The van der Waals surface area contributed by atoms with Crippen molar-refractivity contribution in [3.8, 4) is 11.3 Å². The van der Waals surface area contributed by atoms with Gasteiger partial charge in [-0.25, -0.2) is 9.78 Å². The fourth-order valence-corrected chi connectivity index (χ4v) is 2.94. The third-order valence-electron chi connectivity index (χ3n) is 4.06. The van der Waals surface area contributed by atoms with Crippen LogP contribution in [0.4, 0.5) is 5.69 Å². The van der Waals surface area contributed by atoms with Gasteiger partial charge in [0, 0.05) is 11.3 Å². The van der Waals surface area contributed by atoms with Crippen LogP contribution in [0.1, 0.15) is 27.8 Å². The number of halogens is 1. The molecule has 7 heteroatoms. The van der Waals surface area contributed by atoms with Gasteiger partial charge in [-0.2, -0.15) is 0 Å². The number of aromatic amines is 1. The molecule has 1 aromatic heterocycles. The number of esters is 1. The molecule has 0 aliphatic rings. The van der Waals surface area contributed by atoms with Crippen molar-refractivity contribution in [2.45, 2.75) is 12.5 Å². The zero-order valence-electron chi connectivity index (χ0n) is 14.2. The first kappa shape index (κ1) is 18.0. The molecule has 3 rings (SSSR count). The Hall–Kier alpha value is -2.83. The number of imidazole rings is 1. The normalized spacial score (nSPS) is 12.0. The standard InChI is InChI=1S/C19H19ClN4O2/c1-26-19(25)13-10-12(7-8-14(13)21)16-17(20)24-18(23-16)15(22)9-11-5-3-2-4-6-11/h2-8,10,15H,9,21-22H2,1H3,(H,23,24). The predicted molar refractivity (Wildman–Crippen MR) is 102 cm³/mol. The predicted octanol–water partition coefficient (Wildman–Crippen LogP) is 3.34. The Morgan fingerprint density at radius 1 is 1.27 bits per heavy atom. The lowest BCUT2D eigenvalue weighted by Gasteiger charge is -2.08. The Morgan fingerprint density at radius 2 is 2.00 bits per heavy atom. The molecule has 6 nitrogen and oxygen atoms in total. The molecule has 2 aromatic carbocycles. The van der Waals surface area contributed by atoms with Crippen LogP contribution in [0.5, 0.6) is 0 Å². The van der Waals surface area contributed by atoms with Crippen LogP contribution < -0.4 is 11.5 Å². The lowest BCUT2D eigenvalue weighted by atomic mass is 10.1. The van der Waals surface area contributed by atoms with E-state index in [0.717, 1.165) is 5.56 Å². The van der Waals surface area contributed by atoms with E-state index in [1.54, 1.807) is 18.2 Å². The molecule has 0 saturated carbocycles. The van der Waals surface area contributed by atoms with Gasteiger partial charge in [0.15, 0.2) is 0 Å². The summed E-state index contributed by atoms with van der Waals surface area (Å²) in [7, 11) is 1.30. The van der Waals surface area contributed by atoms with Gasteiger partial charge in [-0.05, 0) is 24.1 Å². The topological polar surface area (TPSA) is 107 Å². The number of nitrogen functional groups attached to an aromatic ring is 1. The maximum Gasteiger partial charge on any atom is 0.339 e. The molecule has 0 spiro atoms. The quantitative estimate of drug-likeness (QED) is 0.471. The highest BCUT2D eigenvalue weighted by molar-refractivity contribution is 6.32. The second-order valence-corrected chi connectivity index (χ2v) is 6.25. The molecule has 0 bridgehead atoms. The van der Waals surface area contributed by atoms with Gasteiger partial charge < -0.3 is 21.2 Å². The molecule has 0 radical (unpaired) electrons. The van der Waals surface area contributed by atoms with Crippen LogP contribution in [-0.2, 0) is 11.2 Å². The number of benzene rings is 2. The lowest BCUT2D eigenvalue weighted by Crippen LogP contribution is -2.15. The lowest BCUT2D eigenvalue weighted by molar-refractivity contribution is 0.0602. The third-order valence-corrected chi connectivity index (χ3v) is 4.33. The number of nitrogens with one attached hydrogen (secondary N) is 1. The van der Waals surface area contributed by atoms with Gasteiger partial charge in [-0.15, -0.1) is 0 Å². The fourth-order valence-electron chi connectivity index (χ4n) is 2.69. The van der Waals surface area contributed by atoms with Crippen molar-refractivity contribution in [1.82, 2.24) is 9.97 Å². The van der Waals surface area contributed by atoms with Gasteiger partial charge >= 0.3 is 5.97 Å². The Bertz CT molecular complexity index is 925. The minimum Gasteiger partial charge on any atom is -0.465 e. The van der Waals surface area contributed by atoms with E-state index in [2.05, 4.69) is 9.97 Å². The smallest absolute Gasteiger partial charge is 0.339 e. The number of carbonyl (C=O) groups is 1. The average Bonchev–Trinajstić information content (AvgIpc) is 3.04. The summed E-state index contributed by atoms with van der Waals surface area (Å²) in [6.07, 6.45) is 0.624. The Morgan fingerprint density at radius 3 is 2.69 bits per heavy atom. The van der Waals surface area contributed by atoms with Crippen LogP contribution in [0.15, 0.2) is 48.5 Å². The summed E-state index contributed by atoms with van der Waals surface area (Å²) in [5.41, 5.74) is 15.0. The van der Waals surface area contributed by atoms with Crippen LogP contribution in [0.25, 0.3) is 11.3 Å². The summed E-state index contributed by atoms with van der Waals surface area (Å²) in [5, 5.41) is 0.351. The number of nitrogens with zero attached hydrogens (tertiary/aromatic N) is 1. The average molecular weight is 371 g/mol. The SMILES string of the molecule is COC(=O)c1cc(-c2nc(C(N)Cc3ccccc3)[nH]c2Cl)ccc1N. The van der Waals surface area contributed by atoms with Crippen molar-refractivity contribution in [2.75, 3.05) is 12.8 Å². The van der Waals surface area contributed by atoms with E-state index in [-0.39, 0.29) is 11.6 Å². The van der Waals surface area contributed by atoms with Crippen molar-refractivity contribution in [3.63, 3.8) is 0 Å². The van der Waals surface area contributed by atoms with E-state index < -0.39 is 5.97 Å². The largest absolute Gasteiger partial charge is 0.465 e. The molecule has 1 unspecified atom stereocenters. The molecule has 0 aliphatic heterocycles. The number of rotatable bonds is 5. The van der Waals surface area contributed by atoms with E-state index in [1.165, 1.54) is 7.11 Å². The first-order valence-corrected chi connectivity index (χ1v) is 8.40. The maximum absolute atomic E-state index is 11.8. The molecule has 0 aliphatic carbocycles. The Balaban J connectivity index is 1.90. The number of methoxy groups -OCH3 is 1. The van der Waals surface area contributed by atoms with Gasteiger partial charge in [0.1, 0.15) is 16.7 Å². The van der Waals surface area contributed by atoms with Crippen molar-refractivity contribution < 1.29 is 9.53 Å². The molecular formula is C19H19ClN4O2. The molecular weight excluding hydrogens is 352 g/mol. The van der Waals surface area contributed by atoms with Gasteiger partial charge in [-0.3, -0.25) is 0 Å². The Labute approximate surface area is 156 Å². The summed E-state index contributed by atoms with van der Waals surface area (Å²) < 4.78 is 4.75. The van der Waals surface area contributed by atoms with Gasteiger partial charge in [0.25, 0.3) is 0 Å². The number of carbonyl (C=O) groups excluding carboxylic acids is 1. The van der Waals surface area contributed by atoms with Crippen molar-refractivity contribution in [3.05, 3.63) is 70.6 Å². The summed E-state index contributed by atoms with van der Waals surface area (Å²) in [6, 6.07) is 14.5. The van der Waals surface area contributed by atoms with E-state index in [1.807, 2.05) is 30.3 Å². The second-order valence-electron chi connectivity index (χ2n) is 5.87. The van der Waals surface area contributed by atoms with E-state index >= 15 is 0 Å². The number of H-pyrrole nitrogens is 1. The highest BCUT2D eigenvalue weighted by atomic mass is 35.5. The van der Waals surface area contributed by atoms with Crippen LogP contribution in [0.2, 0.25) is 5.15 Å². The molecule has 1 heterocycles. The monoisotopic (exact) mass is 370 g/mol. The summed E-state index contributed by atoms with van der Waals surface area (Å²) >= 11 is 6.31. The zero-order chi connectivity index (χ0) is 18.7. The van der Waals surface area contributed by atoms with Crippen LogP contribution in [0.3, 0.4) is 0 Å². The molecule has 0 amide bonds. The molecule has 26 heavy (non-hydrogen) atoms. The van der Waals surface area contributed by atoms with Crippen LogP contribution in [-0.4, -0.2) is 23.0 Å². The number of ether oxygens (including phenoxy) is 1. The first-order valence-electron chi connectivity index (χ1n) is 8.02. The van der Waals surface area contributed by atoms with Gasteiger partial charge in [0.2, 0.25) is 0 Å². The minimum absolute atomic E-state index is 0.263. The zero-order valence-corrected chi connectivity index (χ0v) is 15.0.